The number of fused-ring (bicyclic) bond motifs is 7. The molecule has 202 valence electrons. The van der Waals surface area contributed by atoms with Crippen LogP contribution in [0, 0.1) is 0 Å². The summed E-state index contributed by atoms with van der Waals surface area (Å²) in [4.78, 5) is 7.26. The number of nitrogens with zero attached hydrogens (tertiary/aromatic N) is 3. The minimum Gasteiger partial charge on any atom is -0.453 e. The smallest absolute Gasteiger partial charge is 0.152 e. The number of para-hydroxylation sites is 4. The summed E-state index contributed by atoms with van der Waals surface area (Å²) in [5, 5.41) is 2.29. The first-order chi connectivity index (χ1) is 21.3. The molecule has 0 saturated heterocycles. The van der Waals surface area contributed by atoms with Gasteiger partial charge in [0.2, 0.25) is 0 Å². The molecule has 8 aromatic rings. The van der Waals surface area contributed by atoms with E-state index < -0.39 is 0 Å². The molecule has 1 aliphatic rings. The maximum absolute atomic E-state index is 6.58. The van der Waals surface area contributed by atoms with Crippen molar-refractivity contribution in [3.8, 4) is 33.8 Å². The molecule has 43 heavy (non-hydrogen) atoms. The summed E-state index contributed by atoms with van der Waals surface area (Å²) in [5.74, 6) is 1.66. The van der Waals surface area contributed by atoms with Crippen molar-refractivity contribution in [1.29, 1.82) is 0 Å². The average Bonchev–Trinajstić information content (AvgIpc) is 3.46. The molecule has 1 aliphatic heterocycles. The van der Waals surface area contributed by atoms with Gasteiger partial charge in [0, 0.05) is 22.8 Å². The van der Waals surface area contributed by atoms with Gasteiger partial charge >= 0.3 is 0 Å². The number of pyridine rings is 1. The Labute approximate surface area is 248 Å². The highest BCUT2D eigenvalue weighted by Gasteiger charge is 2.26. The summed E-state index contributed by atoms with van der Waals surface area (Å²) >= 11 is 0. The van der Waals surface area contributed by atoms with E-state index in [1.54, 1.807) is 0 Å². The van der Waals surface area contributed by atoms with Crippen LogP contribution in [0.2, 0.25) is 0 Å². The van der Waals surface area contributed by atoms with Crippen LogP contribution < -0.4 is 9.64 Å². The number of rotatable bonds is 3. The number of imidazole rings is 1. The van der Waals surface area contributed by atoms with Crippen molar-refractivity contribution >= 4 is 44.5 Å². The van der Waals surface area contributed by atoms with Gasteiger partial charge in [0.15, 0.2) is 11.5 Å². The topological polar surface area (TPSA) is 29.8 Å². The highest BCUT2D eigenvalue weighted by Crippen LogP contribution is 2.51. The number of aromatic nitrogens is 2. The Kier molecular flexibility index (Phi) is 5.16. The molecule has 0 unspecified atom stereocenters. The molecular formula is C39H25N3O. The van der Waals surface area contributed by atoms with Crippen molar-refractivity contribution in [3.05, 3.63) is 152 Å². The highest BCUT2D eigenvalue weighted by atomic mass is 16.5. The fraction of sp³-hybridized carbons (Fsp3) is 0. The zero-order valence-electron chi connectivity index (χ0n) is 23.2. The molecule has 0 amide bonds. The van der Waals surface area contributed by atoms with E-state index in [0.717, 1.165) is 67.1 Å². The van der Waals surface area contributed by atoms with Crippen LogP contribution in [-0.2, 0) is 0 Å². The first-order valence-corrected chi connectivity index (χ1v) is 14.5. The summed E-state index contributed by atoms with van der Waals surface area (Å²) in [6.45, 7) is 0. The normalized spacial score (nSPS) is 12.3. The van der Waals surface area contributed by atoms with Crippen LogP contribution >= 0.6 is 0 Å². The van der Waals surface area contributed by atoms with Gasteiger partial charge in [0.25, 0.3) is 0 Å². The highest BCUT2D eigenvalue weighted by molar-refractivity contribution is 6.06. The molecule has 0 aliphatic carbocycles. The number of anilines is 3. The van der Waals surface area contributed by atoms with Gasteiger partial charge in [-0.1, -0.05) is 97.1 Å². The largest absolute Gasteiger partial charge is 0.453 e. The zero-order valence-corrected chi connectivity index (χ0v) is 23.2. The lowest BCUT2D eigenvalue weighted by molar-refractivity contribution is 0.477. The van der Waals surface area contributed by atoms with Gasteiger partial charge in [-0.3, -0.25) is 4.40 Å². The van der Waals surface area contributed by atoms with Crippen LogP contribution in [0.25, 0.3) is 49.7 Å². The Morgan fingerprint density at radius 1 is 0.512 bits per heavy atom. The van der Waals surface area contributed by atoms with Crippen LogP contribution in [0.5, 0.6) is 11.5 Å². The Balaban J connectivity index is 1.21. The molecule has 0 spiro atoms. The van der Waals surface area contributed by atoms with Gasteiger partial charge in [-0.25, -0.2) is 4.98 Å². The second kappa shape index (κ2) is 9.33. The Morgan fingerprint density at radius 3 is 2.07 bits per heavy atom. The molecule has 0 bridgehead atoms. The van der Waals surface area contributed by atoms with E-state index in [4.69, 9.17) is 9.72 Å². The Hall–Kier alpha value is -5.87. The number of ether oxygens (including phenoxy) is 1. The van der Waals surface area contributed by atoms with E-state index >= 15 is 0 Å². The van der Waals surface area contributed by atoms with Gasteiger partial charge in [-0.15, -0.1) is 0 Å². The molecule has 4 heteroatoms. The minimum absolute atomic E-state index is 0.822. The molecule has 6 aromatic carbocycles. The van der Waals surface area contributed by atoms with Crippen LogP contribution in [0.4, 0.5) is 17.1 Å². The minimum atomic E-state index is 0.822. The second-order valence-corrected chi connectivity index (χ2v) is 10.9. The van der Waals surface area contributed by atoms with Gasteiger partial charge in [-0.05, 0) is 70.6 Å². The van der Waals surface area contributed by atoms with Crippen LogP contribution in [0.15, 0.2) is 152 Å². The third-order valence-electron chi connectivity index (χ3n) is 8.38. The van der Waals surface area contributed by atoms with Gasteiger partial charge in [-0.2, -0.15) is 0 Å². The first kappa shape index (κ1) is 23.8. The molecule has 0 fully saturated rings. The lowest BCUT2D eigenvalue weighted by atomic mass is 9.99. The van der Waals surface area contributed by atoms with E-state index in [0.29, 0.717) is 0 Å². The molecule has 2 aromatic heterocycles. The molecule has 0 N–H and O–H groups in total. The molecule has 9 rings (SSSR count). The van der Waals surface area contributed by atoms with Crippen molar-refractivity contribution in [2.45, 2.75) is 0 Å². The lowest BCUT2D eigenvalue weighted by Gasteiger charge is -2.33. The number of hydrogen-bond acceptors (Lipinski definition) is 3. The molecule has 0 saturated carbocycles. The van der Waals surface area contributed by atoms with Crippen LogP contribution in [0.1, 0.15) is 0 Å². The summed E-state index contributed by atoms with van der Waals surface area (Å²) in [6, 6.07) is 50.8. The van der Waals surface area contributed by atoms with E-state index in [2.05, 4.69) is 137 Å². The van der Waals surface area contributed by atoms with Crippen LogP contribution in [0.3, 0.4) is 0 Å². The van der Waals surface area contributed by atoms with Crippen molar-refractivity contribution in [2.75, 3.05) is 4.90 Å². The maximum Gasteiger partial charge on any atom is 0.152 e. The summed E-state index contributed by atoms with van der Waals surface area (Å²) < 4.78 is 8.79. The van der Waals surface area contributed by atoms with Gasteiger partial charge in [0.05, 0.1) is 22.4 Å². The van der Waals surface area contributed by atoms with Crippen LogP contribution in [-0.4, -0.2) is 9.38 Å². The average molecular weight is 552 g/mol. The summed E-state index contributed by atoms with van der Waals surface area (Å²) in [5.41, 5.74) is 10.8. The van der Waals surface area contributed by atoms with Crippen molar-refractivity contribution in [3.63, 3.8) is 0 Å². The van der Waals surface area contributed by atoms with Crippen molar-refractivity contribution in [2.24, 2.45) is 0 Å². The number of benzene rings is 6. The fourth-order valence-corrected chi connectivity index (χ4v) is 6.34. The lowest BCUT2D eigenvalue weighted by Crippen LogP contribution is -2.15. The van der Waals surface area contributed by atoms with Crippen molar-refractivity contribution in [1.82, 2.24) is 9.38 Å². The molecular weight excluding hydrogens is 526 g/mol. The molecule has 0 atom stereocenters. The Bertz CT molecular complexity index is 2320. The Morgan fingerprint density at radius 2 is 1.19 bits per heavy atom. The summed E-state index contributed by atoms with van der Waals surface area (Å²) in [7, 11) is 0. The zero-order chi connectivity index (χ0) is 28.3. The van der Waals surface area contributed by atoms with Gasteiger partial charge < -0.3 is 9.64 Å². The predicted molar refractivity (Wildman–Crippen MR) is 176 cm³/mol. The maximum atomic E-state index is 6.58. The quantitative estimate of drug-likeness (QED) is 0.219. The van der Waals surface area contributed by atoms with Crippen molar-refractivity contribution < 1.29 is 4.74 Å². The van der Waals surface area contributed by atoms with E-state index in [9.17, 15) is 0 Å². The second-order valence-electron chi connectivity index (χ2n) is 10.9. The van der Waals surface area contributed by atoms with E-state index in [-0.39, 0.29) is 0 Å². The summed E-state index contributed by atoms with van der Waals surface area (Å²) in [6.07, 6.45) is 2.21. The standard InChI is InChI=1S/C39H25N3O/c1-2-10-26(11-3-1)27-18-21-29(22-19-27)42-35-16-8-9-17-37(35)43-38-24-28(20-23-36(38)42)32-25-41-34-15-7-6-14-33(34)40-39(41)31-13-5-4-12-30(31)32/h1-25H. The van der Waals surface area contributed by atoms with E-state index in [1.807, 2.05) is 24.3 Å². The number of hydrogen-bond donors (Lipinski definition) is 0. The monoisotopic (exact) mass is 551 g/mol. The predicted octanol–water partition coefficient (Wildman–Crippen LogP) is 10.6. The third-order valence-corrected chi connectivity index (χ3v) is 8.38. The molecule has 4 nitrogen and oxygen atoms in total. The molecule has 0 radical (unpaired) electrons. The fourth-order valence-electron chi connectivity index (χ4n) is 6.34. The first-order valence-electron chi connectivity index (χ1n) is 14.5. The third kappa shape index (κ3) is 3.74. The SMILES string of the molecule is c1ccc(-c2ccc(N3c4ccccc4Oc4cc(-c5cn6c7ccccc7nc6c6ccccc56)ccc43)cc2)cc1. The molecule has 3 heterocycles. The van der Waals surface area contributed by atoms with Gasteiger partial charge in [0.1, 0.15) is 5.65 Å². The van der Waals surface area contributed by atoms with E-state index in [1.165, 1.54) is 11.1 Å².